The third-order valence-electron chi connectivity index (χ3n) is 4.99. The van der Waals surface area contributed by atoms with Crippen molar-refractivity contribution in [2.75, 3.05) is 13.2 Å². The van der Waals surface area contributed by atoms with Crippen LogP contribution in [-0.2, 0) is 12.6 Å². The number of hydrogen-bond acceptors (Lipinski definition) is 4. The number of imidazole rings is 1. The smallest absolute Gasteiger partial charge is 0.416 e. The molecule has 0 fully saturated rings. The molecule has 1 aromatic heterocycles. The minimum atomic E-state index is -4.51. The van der Waals surface area contributed by atoms with Crippen molar-refractivity contribution in [3.8, 4) is 5.75 Å². The van der Waals surface area contributed by atoms with Crippen LogP contribution in [0.3, 0.4) is 0 Å². The van der Waals surface area contributed by atoms with Crippen molar-refractivity contribution >= 4 is 46.4 Å². The molecule has 0 aliphatic heterocycles. The van der Waals surface area contributed by atoms with E-state index in [2.05, 4.69) is 9.97 Å². The molecule has 0 radical (unpaired) electrons. The summed E-state index contributed by atoms with van der Waals surface area (Å²) >= 11 is 8.73. The molecule has 0 saturated heterocycles. The van der Waals surface area contributed by atoms with E-state index in [-0.39, 0.29) is 22.3 Å². The van der Waals surface area contributed by atoms with Crippen LogP contribution in [0, 0.1) is 3.57 Å². The van der Waals surface area contributed by atoms with Gasteiger partial charge in [-0.2, -0.15) is 24.3 Å². The van der Waals surface area contributed by atoms with Gasteiger partial charge in [0.05, 0.1) is 22.1 Å². The number of ether oxygens (including phenoxy) is 1. The van der Waals surface area contributed by atoms with Crippen LogP contribution < -0.4 is 10.1 Å². The summed E-state index contributed by atoms with van der Waals surface area (Å²) < 4.78 is 46.0. The van der Waals surface area contributed by atoms with Crippen LogP contribution in [0.5, 0.6) is 5.75 Å². The Hall–Kier alpha value is -0.823. The fraction of sp³-hybridized carbons (Fsp3) is 0.500. The van der Waals surface area contributed by atoms with Gasteiger partial charge in [-0.05, 0) is 51.7 Å². The zero-order valence-electron chi connectivity index (χ0n) is 16.1. The van der Waals surface area contributed by atoms with Crippen LogP contribution in [0.4, 0.5) is 13.2 Å². The minimum absolute atomic E-state index is 0.225. The van der Waals surface area contributed by atoms with Gasteiger partial charge in [0.25, 0.3) is 0 Å². The number of hydrogen-bond donors (Lipinski definition) is 3. The first-order valence-corrected chi connectivity index (χ1v) is 13.4. The molecule has 0 aliphatic rings. The zero-order valence-corrected chi connectivity index (χ0v) is 20.1. The van der Waals surface area contributed by atoms with Crippen molar-refractivity contribution in [3.05, 3.63) is 39.4 Å². The van der Waals surface area contributed by atoms with E-state index >= 15 is 0 Å². The molecule has 0 saturated carbocycles. The van der Waals surface area contributed by atoms with Crippen LogP contribution in [0.1, 0.15) is 25.0 Å². The molecule has 162 valence electrons. The Balaban J connectivity index is 2.48. The molecule has 11 heteroatoms. The highest BCUT2D eigenvalue weighted by Gasteiger charge is 2.46. The molecule has 2 rings (SSSR count). The normalized spacial score (nSPS) is 15.8. The summed E-state index contributed by atoms with van der Waals surface area (Å²) in [5.41, 5.74) is -0.430. The van der Waals surface area contributed by atoms with Gasteiger partial charge >= 0.3 is 6.18 Å². The van der Waals surface area contributed by atoms with E-state index in [1.54, 1.807) is 28.8 Å². The maximum Gasteiger partial charge on any atom is 0.416 e. The van der Waals surface area contributed by atoms with E-state index in [9.17, 15) is 18.3 Å². The van der Waals surface area contributed by atoms with E-state index in [1.807, 2.05) is 20.4 Å². The van der Waals surface area contributed by atoms with Gasteiger partial charge < -0.3 is 19.9 Å². The molecule has 0 spiro atoms. The van der Waals surface area contributed by atoms with Crippen LogP contribution >= 0.6 is 33.7 Å². The predicted molar refractivity (Wildman–Crippen MR) is 116 cm³/mol. The average molecular weight is 563 g/mol. The monoisotopic (exact) mass is 562 g/mol. The second kappa shape index (κ2) is 9.12. The number of nitrogens with one attached hydrogen (secondary N) is 1. The van der Waals surface area contributed by atoms with Gasteiger partial charge in [0, 0.05) is 11.5 Å². The Labute approximate surface area is 186 Å². The van der Waals surface area contributed by atoms with Crippen molar-refractivity contribution < 1.29 is 28.1 Å². The van der Waals surface area contributed by atoms with Crippen LogP contribution in [0.2, 0.25) is 11.6 Å². The molecule has 0 bridgehead atoms. The first-order valence-electron chi connectivity index (χ1n) is 8.78. The second-order valence-corrected chi connectivity index (χ2v) is 14.9. The SMILES string of the molecule is CC(C)(Cc1cc(C(F)(F)F)cc(I)c1OCC(O)CO)[Si](C)(Cl)c1cnc[nH]1. The van der Waals surface area contributed by atoms with Crippen LogP contribution in [0.15, 0.2) is 24.7 Å². The molecule has 2 unspecified atom stereocenters. The Bertz CT molecular complexity index is 832. The topological polar surface area (TPSA) is 78.4 Å². The number of nitrogens with zero attached hydrogens (tertiary/aromatic N) is 1. The van der Waals surface area contributed by atoms with Crippen molar-refractivity contribution in [1.29, 1.82) is 0 Å². The van der Waals surface area contributed by atoms with Gasteiger partial charge in [0.1, 0.15) is 18.5 Å². The summed E-state index contributed by atoms with van der Waals surface area (Å²) in [5.74, 6) is 0.255. The zero-order chi connectivity index (χ0) is 22.0. The molecule has 1 aromatic carbocycles. The number of H-pyrrole nitrogens is 1. The highest BCUT2D eigenvalue weighted by Crippen LogP contribution is 2.45. The second-order valence-electron chi connectivity index (χ2n) is 7.62. The minimum Gasteiger partial charge on any atom is -0.489 e. The fourth-order valence-corrected chi connectivity index (χ4v) is 6.11. The Morgan fingerprint density at radius 1 is 1.34 bits per heavy atom. The van der Waals surface area contributed by atoms with Gasteiger partial charge in [-0.3, -0.25) is 0 Å². The van der Waals surface area contributed by atoms with Gasteiger partial charge in [-0.25, -0.2) is 4.98 Å². The fourth-order valence-electron chi connectivity index (χ4n) is 2.86. The summed E-state index contributed by atoms with van der Waals surface area (Å²) in [6.45, 7) is 4.99. The number of aliphatic hydroxyl groups excluding tert-OH is 2. The van der Waals surface area contributed by atoms with E-state index in [0.29, 0.717) is 5.56 Å². The molecule has 5 nitrogen and oxygen atoms in total. The van der Waals surface area contributed by atoms with Crippen molar-refractivity contribution in [3.63, 3.8) is 0 Å². The molecular formula is C18H23ClF3IN2O3Si. The first kappa shape index (κ1) is 24.4. The number of halogens is 5. The number of aromatic nitrogens is 2. The number of alkyl halides is 3. The molecule has 1 heterocycles. The third-order valence-corrected chi connectivity index (χ3v) is 11.9. The molecule has 0 aliphatic carbocycles. The molecule has 3 N–H and O–H groups in total. The van der Waals surface area contributed by atoms with Crippen LogP contribution in [0.25, 0.3) is 0 Å². The van der Waals surface area contributed by atoms with E-state index in [4.69, 9.17) is 20.9 Å². The van der Waals surface area contributed by atoms with Gasteiger partial charge in [0.15, 0.2) is 0 Å². The predicted octanol–water partition coefficient (Wildman–Crippen LogP) is 3.81. The lowest BCUT2D eigenvalue weighted by Gasteiger charge is -2.37. The summed E-state index contributed by atoms with van der Waals surface area (Å²) in [6.07, 6.45) is -2.25. The van der Waals surface area contributed by atoms with Gasteiger partial charge in [0.2, 0.25) is 7.38 Å². The quantitative estimate of drug-likeness (QED) is 0.260. The van der Waals surface area contributed by atoms with Gasteiger partial charge in [-0.15, -0.1) is 0 Å². The molecule has 29 heavy (non-hydrogen) atoms. The standard InChI is InChI=1S/C18H23ClF3IN2O3Si/c1-17(2,29(3,19)15-7-24-10-25-15)6-11-4-12(18(20,21)22)5-14(23)16(11)28-9-13(27)8-26/h4-5,7,10,13,26-27H,6,8-9H2,1-3H3,(H,24,25). The summed E-state index contributed by atoms with van der Waals surface area (Å²) in [7, 11) is -2.67. The Kier molecular flexibility index (Phi) is 7.69. The number of aliphatic hydroxyl groups is 2. The van der Waals surface area contributed by atoms with Crippen molar-refractivity contribution in [1.82, 2.24) is 9.97 Å². The number of benzene rings is 1. The molecule has 2 aromatic rings. The maximum atomic E-state index is 13.4. The molecule has 0 amide bonds. The lowest BCUT2D eigenvalue weighted by atomic mass is 9.98. The Morgan fingerprint density at radius 3 is 2.52 bits per heavy atom. The van der Waals surface area contributed by atoms with Crippen LogP contribution in [-0.4, -0.2) is 46.9 Å². The summed E-state index contributed by atoms with van der Waals surface area (Å²) in [6, 6.07) is 2.07. The molecule has 2 atom stereocenters. The maximum absolute atomic E-state index is 13.4. The summed E-state index contributed by atoms with van der Waals surface area (Å²) in [4.78, 5) is 7.04. The van der Waals surface area contributed by atoms with Crippen molar-refractivity contribution in [2.24, 2.45) is 0 Å². The number of rotatable bonds is 8. The highest BCUT2D eigenvalue weighted by atomic mass is 127. The Morgan fingerprint density at radius 2 is 2.00 bits per heavy atom. The van der Waals surface area contributed by atoms with E-state index in [1.165, 1.54) is 6.33 Å². The largest absolute Gasteiger partial charge is 0.489 e. The van der Waals surface area contributed by atoms with E-state index in [0.717, 1.165) is 17.4 Å². The van der Waals surface area contributed by atoms with Crippen molar-refractivity contribution in [2.45, 2.75) is 44.1 Å². The molecular weight excluding hydrogens is 540 g/mol. The lowest BCUT2D eigenvalue weighted by Crippen LogP contribution is -2.50. The first-order chi connectivity index (χ1) is 13.3. The third kappa shape index (κ3) is 5.66. The number of aromatic amines is 1. The lowest BCUT2D eigenvalue weighted by molar-refractivity contribution is -0.137. The van der Waals surface area contributed by atoms with E-state index < -0.39 is 36.9 Å². The summed E-state index contributed by atoms with van der Waals surface area (Å²) in [5, 5.41) is 18.8. The highest BCUT2D eigenvalue weighted by molar-refractivity contribution is 14.1. The van der Waals surface area contributed by atoms with Gasteiger partial charge in [-0.1, -0.05) is 20.4 Å². The average Bonchev–Trinajstić information content (AvgIpc) is 3.14.